The Bertz CT molecular complexity index is 231. The molecule has 0 heterocycles. The van der Waals surface area contributed by atoms with Crippen molar-refractivity contribution in [3.8, 4) is 11.5 Å². The van der Waals surface area contributed by atoms with Crippen molar-refractivity contribution in [1.29, 1.82) is 0 Å². The first-order valence-corrected chi connectivity index (χ1v) is 3.33. The average Bonchev–Trinajstić information content (AvgIpc) is 2.04. The van der Waals surface area contributed by atoms with Crippen LogP contribution in [0.4, 0.5) is 0 Å². The minimum absolute atomic E-state index is 0. The molecule has 0 bridgehead atoms. The minimum atomic E-state index is -0.00375. The molecule has 0 fully saturated rings. The summed E-state index contributed by atoms with van der Waals surface area (Å²) in [6.07, 6.45) is 1.66. The first kappa shape index (κ1) is 11.6. The van der Waals surface area contributed by atoms with Gasteiger partial charge < -0.3 is 9.84 Å². The molecule has 0 atom stereocenters. The standard InChI is InChI=1S/C9H10O2.Na/c1-2-7-11-9-5-3-8(10)4-6-9;/h2-6,10H,1,7H2;/q;+1/p-1. The zero-order chi connectivity index (χ0) is 8.10. The van der Waals surface area contributed by atoms with Crippen molar-refractivity contribution < 1.29 is 39.4 Å². The van der Waals surface area contributed by atoms with E-state index in [9.17, 15) is 5.11 Å². The molecule has 12 heavy (non-hydrogen) atoms. The van der Waals surface area contributed by atoms with Gasteiger partial charge in [0.15, 0.2) is 0 Å². The van der Waals surface area contributed by atoms with Crippen molar-refractivity contribution in [2.75, 3.05) is 6.61 Å². The summed E-state index contributed by atoms with van der Waals surface area (Å²) in [4.78, 5) is 0. The Morgan fingerprint density at radius 2 is 1.92 bits per heavy atom. The fraction of sp³-hybridized carbons (Fsp3) is 0.111. The monoisotopic (exact) mass is 172 g/mol. The van der Waals surface area contributed by atoms with E-state index in [1.54, 1.807) is 18.2 Å². The summed E-state index contributed by atoms with van der Waals surface area (Å²) in [5.41, 5.74) is 0. The van der Waals surface area contributed by atoms with Gasteiger partial charge in [-0.3, -0.25) is 0 Å². The molecular weight excluding hydrogens is 163 g/mol. The van der Waals surface area contributed by atoms with Crippen molar-refractivity contribution >= 4 is 0 Å². The van der Waals surface area contributed by atoms with E-state index >= 15 is 0 Å². The summed E-state index contributed by atoms with van der Waals surface area (Å²) in [5, 5.41) is 10.6. The third kappa shape index (κ3) is 3.81. The summed E-state index contributed by atoms with van der Waals surface area (Å²) in [5.74, 6) is 0.695. The summed E-state index contributed by atoms with van der Waals surface area (Å²) in [6, 6.07) is 6.23. The number of ether oxygens (including phenoxy) is 1. The minimum Gasteiger partial charge on any atom is -0.872 e. The second-order valence-corrected chi connectivity index (χ2v) is 2.07. The molecule has 0 aliphatic rings. The van der Waals surface area contributed by atoms with Gasteiger partial charge in [0.2, 0.25) is 0 Å². The third-order valence-corrected chi connectivity index (χ3v) is 1.19. The van der Waals surface area contributed by atoms with Gasteiger partial charge in [-0.25, -0.2) is 0 Å². The number of hydrogen-bond donors (Lipinski definition) is 0. The van der Waals surface area contributed by atoms with Crippen LogP contribution in [-0.4, -0.2) is 6.61 Å². The average molecular weight is 172 g/mol. The Hall–Kier alpha value is -0.440. The number of hydrogen-bond acceptors (Lipinski definition) is 2. The normalized spacial score (nSPS) is 8.33. The third-order valence-electron chi connectivity index (χ3n) is 1.19. The van der Waals surface area contributed by atoms with Crippen molar-refractivity contribution in [3.63, 3.8) is 0 Å². The van der Waals surface area contributed by atoms with Crippen LogP contribution >= 0.6 is 0 Å². The van der Waals surface area contributed by atoms with Crippen LogP contribution in [0.25, 0.3) is 0 Å². The van der Waals surface area contributed by atoms with Gasteiger partial charge >= 0.3 is 29.6 Å². The van der Waals surface area contributed by atoms with E-state index < -0.39 is 0 Å². The van der Waals surface area contributed by atoms with Crippen molar-refractivity contribution in [2.24, 2.45) is 0 Å². The van der Waals surface area contributed by atoms with Gasteiger partial charge in [-0.05, 0) is 12.1 Å². The predicted octanol–water partition coefficient (Wildman–Crippen LogP) is -1.67. The molecule has 1 aromatic rings. The second kappa shape index (κ2) is 6.12. The van der Waals surface area contributed by atoms with E-state index in [1.165, 1.54) is 12.1 Å². The predicted molar refractivity (Wildman–Crippen MR) is 41.6 cm³/mol. The molecule has 0 spiro atoms. The Labute approximate surface area is 94.2 Å². The van der Waals surface area contributed by atoms with Gasteiger partial charge in [0, 0.05) is 0 Å². The van der Waals surface area contributed by atoms with Crippen LogP contribution in [0.2, 0.25) is 0 Å². The maximum Gasteiger partial charge on any atom is 1.00 e. The van der Waals surface area contributed by atoms with Crippen LogP contribution in [0.1, 0.15) is 0 Å². The van der Waals surface area contributed by atoms with Gasteiger partial charge in [0.05, 0.1) is 0 Å². The van der Waals surface area contributed by atoms with E-state index in [0.29, 0.717) is 12.4 Å². The smallest absolute Gasteiger partial charge is 0.872 e. The molecule has 0 unspecified atom stereocenters. The maximum absolute atomic E-state index is 10.6. The molecule has 0 aromatic heterocycles. The molecule has 0 aliphatic carbocycles. The van der Waals surface area contributed by atoms with Crippen LogP contribution in [0, 0.1) is 0 Å². The van der Waals surface area contributed by atoms with E-state index in [0.717, 1.165) is 0 Å². The molecule has 2 nitrogen and oxygen atoms in total. The largest absolute Gasteiger partial charge is 1.00 e. The van der Waals surface area contributed by atoms with E-state index in [-0.39, 0.29) is 35.3 Å². The van der Waals surface area contributed by atoms with Crippen LogP contribution in [0.15, 0.2) is 36.9 Å². The molecule has 3 heteroatoms. The molecule has 0 saturated heterocycles. The molecule has 1 rings (SSSR count). The van der Waals surface area contributed by atoms with Gasteiger partial charge in [-0.2, -0.15) is 0 Å². The van der Waals surface area contributed by atoms with Gasteiger partial charge in [0.1, 0.15) is 12.4 Å². The topological polar surface area (TPSA) is 32.3 Å². The van der Waals surface area contributed by atoms with Gasteiger partial charge in [-0.1, -0.05) is 24.8 Å². The summed E-state index contributed by atoms with van der Waals surface area (Å²) < 4.78 is 5.15. The Morgan fingerprint density at radius 1 is 1.33 bits per heavy atom. The van der Waals surface area contributed by atoms with Crippen LogP contribution in [-0.2, 0) is 0 Å². The summed E-state index contributed by atoms with van der Waals surface area (Å²) >= 11 is 0. The van der Waals surface area contributed by atoms with E-state index in [1.807, 2.05) is 0 Å². The van der Waals surface area contributed by atoms with Crippen LogP contribution in [0.5, 0.6) is 11.5 Å². The Morgan fingerprint density at radius 3 is 2.42 bits per heavy atom. The quantitative estimate of drug-likeness (QED) is 0.403. The molecule has 0 saturated carbocycles. The zero-order valence-electron chi connectivity index (χ0n) is 7.12. The number of benzene rings is 1. The van der Waals surface area contributed by atoms with Gasteiger partial charge in [0.25, 0.3) is 0 Å². The fourth-order valence-electron chi connectivity index (χ4n) is 0.691. The summed E-state index contributed by atoms with van der Waals surface area (Å²) in [6.45, 7) is 3.98. The first-order chi connectivity index (χ1) is 5.33. The maximum atomic E-state index is 10.6. The molecule has 0 amide bonds. The van der Waals surface area contributed by atoms with Crippen molar-refractivity contribution in [3.05, 3.63) is 36.9 Å². The van der Waals surface area contributed by atoms with E-state index in [2.05, 4.69) is 6.58 Å². The second-order valence-electron chi connectivity index (χ2n) is 2.07. The molecule has 0 aliphatic heterocycles. The number of rotatable bonds is 3. The van der Waals surface area contributed by atoms with E-state index in [4.69, 9.17) is 4.74 Å². The molecule has 58 valence electrons. The van der Waals surface area contributed by atoms with Crippen molar-refractivity contribution in [2.45, 2.75) is 0 Å². The molecule has 0 N–H and O–H groups in total. The molecular formula is C9H9NaO2. The SMILES string of the molecule is C=CCOc1ccc([O-])cc1.[Na+]. The zero-order valence-corrected chi connectivity index (χ0v) is 9.12. The van der Waals surface area contributed by atoms with Gasteiger partial charge in [-0.15, -0.1) is 5.75 Å². The molecule has 1 aromatic carbocycles. The van der Waals surface area contributed by atoms with Crippen molar-refractivity contribution in [1.82, 2.24) is 0 Å². The fourth-order valence-corrected chi connectivity index (χ4v) is 0.691. The Kier molecular flexibility index (Phi) is 5.89. The van der Waals surface area contributed by atoms with Crippen LogP contribution < -0.4 is 39.4 Å². The Balaban J connectivity index is 0.00000121. The van der Waals surface area contributed by atoms with Crippen LogP contribution in [0.3, 0.4) is 0 Å². The summed E-state index contributed by atoms with van der Waals surface area (Å²) in [7, 11) is 0. The first-order valence-electron chi connectivity index (χ1n) is 3.33. The molecule has 0 radical (unpaired) electrons.